The topological polar surface area (TPSA) is 64.4 Å². The highest BCUT2D eigenvalue weighted by molar-refractivity contribution is 5.73. The minimum absolute atomic E-state index is 0.133. The summed E-state index contributed by atoms with van der Waals surface area (Å²) in [5.74, 6) is -0.274. The molecule has 0 heterocycles. The molecule has 0 radical (unpaired) electrons. The molecule has 0 spiro atoms. The number of alkyl halides is 2. The number of carbonyl (C=O) groups is 1. The van der Waals surface area contributed by atoms with Crippen LogP contribution in [0.2, 0.25) is 0 Å². The normalized spacial score (nSPS) is 10.5. The summed E-state index contributed by atoms with van der Waals surface area (Å²) in [6.45, 7) is -2.10. The molecule has 1 aromatic rings. The van der Waals surface area contributed by atoms with Crippen LogP contribution >= 0.6 is 0 Å². The largest absolute Gasteiger partial charge is 0.434 e. The van der Waals surface area contributed by atoms with Crippen LogP contribution in [0.25, 0.3) is 0 Å². The molecule has 0 aliphatic carbocycles. The van der Waals surface area contributed by atoms with E-state index in [0.717, 1.165) is 0 Å². The van der Waals surface area contributed by atoms with E-state index in [1.807, 2.05) is 0 Å². The standard InChI is InChI=1S/C11H14F2N2O2/c12-11(13)17-9-4-2-1-3-8(9)7-15-6-5-10(14)16/h1-4,11,15H,5-7H2,(H2,14,16). The average Bonchev–Trinajstić information content (AvgIpc) is 2.25. The maximum absolute atomic E-state index is 12.1. The van der Waals surface area contributed by atoms with Crippen molar-refractivity contribution in [1.82, 2.24) is 5.32 Å². The smallest absolute Gasteiger partial charge is 0.387 e. The third-order valence-corrected chi connectivity index (χ3v) is 2.05. The Morgan fingerprint density at radius 3 is 2.76 bits per heavy atom. The van der Waals surface area contributed by atoms with Gasteiger partial charge in [-0.25, -0.2) is 0 Å². The number of halogens is 2. The summed E-state index contributed by atoms with van der Waals surface area (Å²) >= 11 is 0. The number of hydrogen-bond donors (Lipinski definition) is 2. The molecule has 0 fully saturated rings. The molecule has 1 rings (SSSR count). The van der Waals surface area contributed by atoms with Gasteiger partial charge in [0.25, 0.3) is 0 Å². The van der Waals surface area contributed by atoms with Crippen molar-refractivity contribution >= 4 is 5.91 Å². The fourth-order valence-electron chi connectivity index (χ4n) is 1.30. The van der Waals surface area contributed by atoms with E-state index in [1.165, 1.54) is 6.07 Å². The number of hydrogen-bond acceptors (Lipinski definition) is 3. The Hall–Kier alpha value is -1.69. The lowest BCUT2D eigenvalue weighted by atomic mass is 10.2. The number of ether oxygens (including phenoxy) is 1. The zero-order valence-corrected chi connectivity index (χ0v) is 9.16. The van der Waals surface area contributed by atoms with Gasteiger partial charge in [0.1, 0.15) is 5.75 Å². The van der Waals surface area contributed by atoms with Crippen LogP contribution in [0, 0.1) is 0 Å². The van der Waals surface area contributed by atoms with Crippen LogP contribution in [0.5, 0.6) is 5.75 Å². The van der Waals surface area contributed by atoms with E-state index < -0.39 is 12.5 Å². The number of primary amides is 1. The van der Waals surface area contributed by atoms with Crippen LogP contribution in [0.3, 0.4) is 0 Å². The summed E-state index contributed by atoms with van der Waals surface area (Å²) in [6, 6.07) is 6.49. The van der Waals surface area contributed by atoms with Crippen LogP contribution in [0.4, 0.5) is 8.78 Å². The average molecular weight is 244 g/mol. The lowest BCUT2D eigenvalue weighted by molar-refractivity contribution is -0.117. The molecule has 17 heavy (non-hydrogen) atoms. The van der Waals surface area contributed by atoms with Gasteiger partial charge in [0, 0.05) is 25.1 Å². The fraction of sp³-hybridized carbons (Fsp3) is 0.364. The zero-order chi connectivity index (χ0) is 12.7. The van der Waals surface area contributed by atoms with Crippen LogP contribution < -0.4 is 15.8 Å². The minimum atomic E-state index is -2.85. The van der Waals surface area contributed by atoms with Gasteiger partial charge < -0.3 is 15.8 Å². The van der Waals surface area contributed by atoms with Crippen molar-refractivity contribution in [2.45, 2.75) is 19.6 Å². The predicted molar refractivity (Wildman–Crippen MR) is 58.6 cm³/mol. The Kier molecular flexibility index (Phi) is 5.35. The highest BCUT2D eigenvalue weighted by Gasteiger charge is 2.08. The highest BCUT2D eigenvalue weighted by Crippen LogP contribution is 2.19. The number of benzene rings is 1. The Balaban J connectivity index is 2.49. The van der Waals surface area contributed by atoms with Crippen LogP contribution in [-0.2, 0) is 11.3 Å². The lowest BCUT2D eigenvalue weighted by Gasteiger charge is -2.10. The first-order valence-corrected chi connectivity index (χ1v) is 5.11. The van der Waals surface area contributed by atoms with E-state index >= 15 is 0 Å². The van der Waals surface area contributed by atoms with Crippen LogP contribution in [0.1, 0.15) is 12.0 Å². The first kappa shape index (κ1) is 13.4. The molecular formula is C11H14F2N2O2. The summed E-state index contributed by atoms with van der Waals surface area (Å²) in [4.78, 5) is 10.5. The van der Waals surface area contributed by atoms with Crippen molar-refractivity contribution in [3.05, 3.63) is 29.8 Å². The van der Waals surface area contributed by atoms with Crippen molar-refractivity contribution in [2.75, 3.05) is 6.54 Å². The molecule has 0 atom stereocenters. The second-order valence-electron chi connectivity index (χ2n) is 3.38. The number of para-hydroxylation sites is 1. The summed E-state index contributed by atoms with van der Waals surface area (Å²) in [5, 5.41) is 2.92. The van der Waals surface area contributed by atoms with Gasteiger partial charge in [-0.3, -0.25) is 4.79 Å². The molecule has 0 aliphatic heterocycles. The van der Waals surface area contributed by atoms with Gasteiger partial charge in [0.2, 0.25) is 5.91 Å². The van der Waals surface area contributed by atoms with Crippen molar-refractivity contribution in [2.24, 2.45) is 5.73 Å². The predicted octanol–water partition coefficient (Wildman–Crippen LogP) is 1.25. The van der Waals surface area contributed by atoms with Crippen molar-refractivity contribution < 1.29 is 18.3 Å². The van der Waals surface area contributed by atoms with E-state index in [-0.39, 0.29) is 12.2 Å². The number of amides is 1. The molecule has 0 saturated carbocycles. The molecular weight excluding hydrogens is 230 g/mol. The second kappa shape index (κ2) is 6.80. The second-order valence-corrected chi connectivity index (χ2v) is 3.38. The Morgan fingerprint density at radius 2 is 2.12 bits per heavy atom. The maximum atomic E-state index is 12.1. The fourth-order valence-corrected chi connectivity index (χ4v) is 1.30. The van der Waals surface area contributed by atoms with Gasteiger partial charge in [0.05, 0.1) is 0 Å². The van der Waals surface area contributed by atoms with Gasteiger partial charge >= 0.3 is 6.61 Å². The molecule has 0 aromatic heterocycles. The zero-order valence-electron chi connectivity index (χ0n) is 9.16. The first-order valence-electron chi connectivity index (χ1n) is 5.11. The summed E-state index contributed by atoms with van der Waals surface area (Å²) in [5.41, 5.74) is 5.57. The van der Waals surface area contributed by atoms with Crippen LogP contribution in [-0.4, -0.2) is 19.1 Å². The Bertz CT molecular complexity index is 372. The van der Waals surface area contributed by atoms with E-state index in [0.29, 0.717) is 18.7 Å². The van der Waals surface area contributed by atoms with Gasteiger partial charge in [0.15, 0.2) is 0 Å². The van der Waals surface area contributed by atoms with Gasteiger partial charge in [-0.1, -0.05) is 18.2 Å². The van der Waals surface area contributed by atoms with E-state index in [2.05, 4.69) is 10.1 Å². The molecule has 1 amide bonds. The van der Waals surface area contributed by atoms with Crippen molar-refractivity contribution in [3.8, 4) is 5.75 Å². The summed E-state index contributed by atoms with van der Waals surface area (Å²) in [6.07, 6.45) is 0.206. The first-order chi connectivity index (χ1) is 8.09. The molecule has 94 valence electrons. The van der Waals surface area contributed by atoms with Crippen molar-refractivity contribution in [1.29, 1.82) is 0 Å². The number of carbonyl (C=O) groups excluding carboxylic acids is 1. The minimum Gasteiger partial charge on any atom is -0.434 e. The molecule has 0 aliphatic rings. The monoisotopic (exact) mass is 244 g/mol. The summed E-state index contributed by atoms with van der Waals surface area (Å²) in [7, 11) is 0. The summed E-state index contributed by atoms with van der Waals surface area (Å²) < 4.78 is 28.5. The molecule has 3 N–H and O–H groups in total. The molecule has 0 unspecified atom stereocenters. The Labute approximate surface area is 97.8 Å². The number of nitrogens with two attached hydrogens (primary N) is 1. The maximum Gasteiger partial charge on any atom is 0.387 e. The molecule has 0 saturated heterocycles. The van der Waals surface area contributed by atoms with E-state index in [1.54, 1.807) is 18.2 Å². The molecule has 4 nitrogen and oxygen atoms in total. The molecule has 1 aromatic carbocycles. The highest BCUT2D eigenvalue weighted by atomic mass is 19.3. The van der Waals surface area contributed by atoms with Gasteiger partial charge in [-0.15, -0.1) is 0 Å². The van der Waals surface area contributed by atoms with Gasteiger partial charge in [-0.05, 0) is 6.07 Å². The quantitative estimate of drug-likeness (QED) is 0.709. The van der Waals surface area contributed by atoms with Crippen LogP contribution in [0.15, 0.2) is 24.3 Å². The Morgan fingerprint density at radius 1 is 1.41 bits per heavy atom. The third-order valence-electron chi connectivity index (χ3n) is 2.05. The van der Waals surface area contributed by atoms with E-state index in [9.17, 15) is 13.6 Å². The SMILES string of the molecule is NC(=O)CCNCc1ccccc1OC(F)F. The van der Waals surface area contributed by atoms with Crippen molar-refractivity contribution in [3.63, 3.8) is 0 Å². The lowest BCUT2D eigenvalue weighted by Crippen LogP contribution is -2.22. The third kappa shape index (κ3) is 5.26. The number of rotatable bonds is 7. The molecule has 6 heteroatoms. The van der Waals surface area contributed by atoms with E-state index in [4.69, 9.17) is 5.73 Å². The number of nitrogens with one attached hydrogen (secondary N) is 1. The van der Waals surface area contributed by atoms with Gasteiger partial charge in [-0.2, -0.15) is 8.78 Å². The molecule has 0 bridgehead atoms.